The number of rotatable bonds is 4. The van der Waals surface area contributed by atoms with Crippen molar-refractivity contribution >= 4 is 10.0 Å². The van der Waals surface area contributed by atoms with E-state index < -0.39 is 10.0 Å². The van der Waals surface area contributed by atoms with Gasteiger partial charge in [0.25, 0.3) is 0 Å². The van der Waals surface area contributed by atoms with E-state index >= 15 is 0 Å². The first-order valence-electron chi connectivity index (χ1n) is 5.57. The van der Waals surface area contributed by atoms with Crippen LogP contribution >= 0.6 is 0 Å². The smallest absolute Gasteiger partial charge is 0.240 e. The Morgan fingerprint density at radius 3 is 2.12 bits per heavy atom. The van der Waals surface area contributed by atoms with Crippen LogP contribution in [0, 0.1) is 0 Å². The number of hydrogen-bond donors (Lipinski definition) is 2. The lowest BCUT2D eigenvalue weighted by molar-refractivity contribution is 0.579. The summed E-state index contributed by atoms with van der Waals surface area (Å²) in [5.41, 5.74) is 6.40. The predicted molar refractivity (Wildman–Crippen MR) is 69.4 cm³/mol. The summed E-state index contributed by atoms with van der Waals surface area (Å²) in [5, 5.41) is 0. The molecule has 0 radical (unpaired) electrons. The fourth-order valence-electron chi connectivity index (χ4n) is 1.41. The zero-order chi connectivity index (χ0) is 13.1. The Morgan fingerprint density at radius 2 is 1.71 bits per heavy atom. The van der Waals surface area contributed by atoms with Crippen molar-refractivity contribution < 1.29 is 8.42 Å². The van der Waals surface area contributed by atoms with Crippen molar-refractivity contribution in [2.24, 2.45) is 5.73 Å². The van der Waals surface area contributed by atoms with Gasteiger partial charge in [-0.05, 0) is 23.1 Å². The molecule has 5 heteroatoms. The summed E-state index contributed by atoms with van der Waals surface area (Å²) >= 11 is 0. The molecular formula is C12H20N2O2S. The first-order chi connectivity index (χ1) is 7.77. The molecule has 17 heavy (non-hydrogen) atoms. The molecule has 0 spiro atoms. The van der Waals surface area contributed by atoms with Crippen LogP contribution < -0.4 is 10.5 Å². The Labute approximate surface area is 103 Å². The topological polar surface area (TPSA) is 72.2 Å². The third-order valence-corrected chi connectivity index (χ3v) is 3.94. The fourth-order valence-corrected chi connectivity index (χ4v) is 2.46. The monoisotopic (exact) mass is 256 g/mol. The molecule has 0 saturated heterocycles. The standard InChI is InChI=1S/C12H20N2O2S/c1-12(2,3)10-4-6-11(7-5-10)17(15,16)14-9-8-13/h4-7,14H,8-9,13H2,1-3H3. The van der Waals surface area contributed by atoms with Gasteiger partial charge in [0.1, 0.15) is 0 Å². The molecule has 96 valence electrons. The maximum absolute atomic E-state index is 11.8. The van der Waals surface area contributed by atoms with E-state index in [0.717, 1.165) is 5.56 Å². The third-order valence-electron chi connectivity index (χ3n) is 2.47. The molecule has 0 fully saturated rings. The van der Waals surface area contributed by atoms with Gasteiger partial charge in [-0.3, -0.25) is 0 Å². The highest BCUT2D eigenvalue weighted by Gasteiger charge is 2.16. The van der Waals surface area contributed by atoms with Gasteiger partial charge in [0.15, 0.2) is 0 Å². The average molecular weight is 256 g/mol. The lowest BCUT2D eigenvalue weighted by atomic mass is 9.87. The van der Waals surface area contributed by atoms with Crippen molar-refractivity contribution in [3.05, 3.63) is 29.8 Å². The van der Waals surface area contributed by atoms with E-state index in [0.29, 0.717) is 6.54 Å². The van der Waals surface area contributed by atoms with Crippen LogP contribution in [0.15, 0.2) is 29.2 Å². The summed E-state index contributed by atoms with van der Waals surface area (Å²) in [7, 11) is -3.41. The Kier molecular flexibility index (Phi) is 4.30. The number of hydrogen-bond acceptors (Lipinski definition) is 3. The third kappa shape index (κ3) is 3.80. The number of nitrogens with two attached hydrogens (primary N) is 1. The van der Waals surface area contributed by atoms with E-state index in [2.05, 4.69) is 25.5 Å². The molecule has 1 aromatic carbocycles. The van der Waals surface area contributed by atoms with Gasteiger partial charge in [-0.1, -0.05) is 32.9 Å². The highest BCUT2D eigenvalue weighted by Crippen LogP contribution is 2.23. The molecule has 0 atom stereocenters. The second kappa shape index (κ2) is 5.16. The van der Waals surface area contributed by atoms with Gasteiger partial charge in [-0.2, -0.15) is 0 Å². The average Bonchev–Trinajstić information content (AvgIpc) is 2.25. The molecule has 0 bridgehead atoms. The summed E-state index contributed by atoms with van der Waals surface area (Å²) in [6, 6.07) is 6.94. The summed E-state index contributed by atoms with van der Waals surface area (Å²) in [6.45, 7) is 6.80. The summed E-state index contributed by atoms with van der Waals surface area (Å²) < 4.78 is 26.0. The maximum Gasteiger partial charge on any atom is 0.240 e. The van der Waals surface area contributed by atoms with Crippen molar-refractivity contribution in [3.8, 4) is 0 Å². The van der Waals surface area contributed by atoms with Crippen molar-refractivity contribution in [3.63, 3.8) is 0 Å². The minimum Gasteiger partial charge on any atom is -0.329 e. The van der Waals surface area contributed by atoms with Crippen LogP contribution in [-0.4, -0.2) is 21.5 Å². The van der Waals surface area contributed by atoms with Crippen LogP contribution in [0.1, 0.15) is 26.3 Å². The van der Waals surface area contributed by atoms with Crippen LogP contribution in [0.5, 0.6) is 0 Å². The number of sulfonamides is 1. The molecule has 0 aromatic heterocycles. The van der Waals surface area contributed by atoms with E-state index in [1.54, 1.807) is 12.1 Å². The lowest BCUT2D eigenvalue weighted by Crippen LogP contribution is -2.29. The molecule has 0 aliphatic rings. The van der Waals surface area contributed by atoms with Crippen LogP contribution in [0.4, 0.5) is 0 Å². The highest BCUT2D eigenvalue weighted by molar-refractivity contribution is 7.89. The lowest BCUT2D eigenvalue weighted by Gasteiger charge is -2.19. The summed E-state index contributed by atoms with van der Waals surface area (Å²) in [6.07, 6.45) is 0. The first-order valence-corrected chi connectivity index (χ1v) is 7.06. The molecule has 1 rings (SSSR count). The quantitative estimate of drug-likeness (QED) is 0.851. The molecule has 0 unspecified atom stereocenters. The normalized spacial score (nSPS) is 12.7. The molecular weight excluding hydrogens is 236 g/mol. The van der Waals surface area contributed by atoms with Gasteiger partial charge in [0.05, 0.1) is 4.90 Å². The van der Waals surface area contributed by atoms with E-state index in [4.69, 9.17) is 5.73 Å². The molecule has 0 saturated carbocycles. The summed E-state index contributed by atoms with van der Waals surface area (Å²) in [5.74, 6) is 0. The van der Waals surface area contributed by atoms with Crippen molar-refractivity contribution in [1.29, 1.82) is 0 Å². The van der Waals surface area contributed by atoms with Crippen molar-refractivity contribution in [2.75, 3.05) is 13.1 Å². The van der Waals surface area contributed by atoms with E-state index in [1.165, 1.54) is 0 Å². The van der Waals surface area contributed by atoms with Gasteiger partial charge in [0, 0.05) is 13.1 Å². The molecule has 0 heterocycles. The van der Waals surface area contributed by atoms with Crippen LogP contribution in [0.3, 0.4) is 0 Å². The van der Waals surface area contributed by atoms with Gasteiger partial charge < -0.3 is 5.73 Å². The van der Waals surface area contributed by atoms with Crippen molar-refractivity contribution in [1.82, 2.24) is 4.72 Å². The fraction of sp³-hybridized carbons (Fsp3) is 0.500. The molecule has 0 amide bonds. The van der Waals surface area contributed by atoms with Crippen LogP contribution in [0.2, 0.25) is 0 Å². The van der Waals surface area contributed by atoms with Gasteiger partial charge in [-0.15, -0.1) is 0 Å². The van der Waals surface area contributed by atoms with E-state index in [-0.39, 0.29) is 16.9 Å². The minimum absolute atomic E-state index is 0.0208. The maximum atomic E-state index is 11.8. The van der Waals surface area contributed by atoms with Crippen LogP contribution in [-0.2, 0) is 15.4 Å². The molecule has 4 nitrogen and oxygen atoms in total. The van der Waals surface area contributed by atoms with E-state index in [1.807, 2.05) is 12.1 Å². The zero-order valence-corrected chi connectivity index (χ0v) is 11.3. The number of benzene rings is 1. The Bertz CT molecular complexity index is 458. The van der Waals surface area contributed by atoms with Gasteiger partial charge in [0.2, 0.25) is 10.0 Å². The molecule has 3 N–H and O–H groups in total. The molecule has 0 aliphatic carbocycles. The summed E-state index contributed by atoms with van der Waals surface area (Å²) in [4.78, 5) is 0.277. The minimum atomic E-state index is -3.41. The number of nitrogens with one attached hydrogen (secondary N) is 1. The molecule has 1 aromatic rings. The van der Waals surface area contributed by atoms with Gasteiger partial charge >= 0.3 is 0 Å². The first kappa shape index (κ1) is 14.2. The zero-order valence-electron chi connectivity index (χ0n) is 10.5. The predicted octanol–water partition coefficient (Wildman–Crippen LogP) is 1.22. The Hall–Kier alpha value is -0.910. The second-order valence-electron chi connectivity index (χ2n) is 4.96. The Morgan fingerprint density at radius 1 is 1.18 bits per heavy atom. The van der Waals surface area contributed by atoms with Gasteiger partial charge in [-0.25, -0.2) is 13.1 Å². The highest BCUT2D eigenvalue weighted by atomic mass is 32.2. The Balaban J connectivity index is 2.95. The van der Waals surface area contributed by atoms with E-state index in [9.17, 15) is 8.42 Å². The van der Waals surface area contributed by atoms with Crippen LogP contribution in [0.25, 0.3) is 0 Å². The SMILES string of the molecule is CC(C)(C)c1ccc(S(=O)(=O)NCCN)cc1. The van der Waals surface area contributed by atoms with Crippen molar-refractivity contribution in [2.45, 2.75) is 31.1 Å². The molecule has 0 aliphatic heterocycles. The second-order valence-corrected chi connectivity index (χ2v) is 6.73. The largest absolute Gasteiger partial charge is 0.329 e.